The lowest BCUT2D eigenvalue weighted by molar-refractivity contribution is 0.186. The number of hydrogen-bond acceptors (Lipinski definition) is 9. The van der Waals surface area contributed by atoms with Crippen molar-refractivity contribution in [2.24, 2.45) is 0 Å². The van der Waals surface area contributed by atoms with Gasteiger partial charge in [-0.3, -0.25) is 9.62 Å². The van der Waals surface area contributed by atoms with E-state index in [2.05, 4.69) is 55.0 Å². The van der Waals surface area contributed by atoms with Crippen LogP contribution in [0.2, 0.25) is 0 Å². The van der Waals surface area contributed by atoms with Gasteiger partial charge in [-0.05, 0) is 86.4 Å². The number of hydrogen-bond donors (Lipinski definition) is 3. The van der Waals surface area contributed by atoms with E-state index in [4.69, 9.17) is 14.5 Å². The standard InChI is InChI=1S/C26H33BrN6O2S/c1-5-34-23-14-18(35-19-12-13-33(16-19)17(2)3)10-11-21(23)31-26-29-15-20(27)25(32-26)30-22-8-6-7-9-24(22)36-28-4/h6-11,14-15,17,19,28H,5,12-13,16H2,1-4H3,(H2,29,30,31,32). The summed E-state index contributed by atoms with van der Waals surface area (Å²) in [6.45, 7) is 8.96. The minimum atomic E-state index is 0.188. The first kappa shape index (κ1) is 26.5. The second-order valence-electron chi connectivity index (χ2n) is 8.65. The Morgan fingerprint density at radius 1 is 1.17 bits per heavy atom. The summed E-state index contributed by atoms with van der Waals surface area (Å²) in [6, 6.07) is 14.4. The van der Waals surface area contributed by atoms with Crippen LogP contribution >= 0.6 is 27.9 Å². The molecular formula is C26H33BrN6O2S. The third kappa shape index (κ3) is 6.82. The Morgan fingerprint density at radius 2 is 2.00 bits per heavy atom. The lowest BCUT2D eigenvalue weighted by Crippen LogP contribution is -2.30. The highest BCUT2D eigenvalue weighted by Gasteiger charge is 2.25. The highest BCUT2D eigenvalue weighted by Crippen LogP contribution is 2.34. The average molecular weight is 574 g/mol. The van der Waals surface area contributed by atoms with Crippen molar-refractivity contribution in [3.8, 4) is 11.5 Å². The van der Waals surface area contributed by atoms with Crippen molar-refractivity contribution in [2.45, 2.75) is 44.2 Å². The highest BCUT2D eigenvalue weighted by atomic mass is 79.9. The third-order valence-corrected chi connectivity index (χ3v) is 7.17. The molecule has 192 valence electrons. The fourth-order valence-corrected chi connectivity index (χ4v) is 4.88. The van der Waals surface area contributed by atoms with E-state index in [1.165, 1.54) is 11.9 Å². The number of nitrogens with one attached hydrogen (secondary N) is 3. The van der Waals surface area contributed by atoms with E-state index in [0.717, 1.165) is 46.0 Å². The van der Waals surface area contributed by atoms with Gasteiger partial charge in [-0.1, -0.05) is 12.1 Å². The summed E-state index contributed by atoms with van der Waals surface area (Å²) in [7, 11) is 1.89. The highest BCUT2D eigenvalue weighted by molar-refractivity contribution is 9.10. The Bertz CT molecular complexity index is 1170. The van der Waals surface area contributed by atoms with Crippen LogP contribution in [0.25, 0.3) is 0 Å². The van der Waals surface area contributed by atoms with Crippen LogP contribution in [0.3, 0.4) is 0 Å². The van der Waals surface area contributed by atoms with E-state index in [9.17, 15) is 0 Å². The van der Waals surface area contributed by atoms with Gasteiger partial charge in [-0.2, -0.15) is 4.98 Å². The lowest BCUT2D eigenvalue weighted by atomic mass is 10.2. The number of likely N-dealkylation sites (tertiary alicyclic amines) is 1. The fraction of sp³-hybridized carbons (Fsp3) is 0.385. The molecule has 1 aromatic heterocycles. The predicted octanol–water partition coefficient (Wildman–Crippen LogP) is 6.21. The number of ether oxygens (including phenoxy) is 2. The van der Waals surface area contributed by atoms with Crippen molar-refractivity contribution in [1.82, 2.24) is 19.6 Å². The molecule has 0 radical (unpaired) electrons. The van der Waals surface area contributed by atoms with E-state index in [-0.39, 0.29) is 6.10 Å². The van der Waals surface area contributed by atoms with Gasteiger partial charge in [0.2, 0.25) is 5.95 Å². The maximum absolute atomic E-state index is 6.28. The van der Waals surface area contributed by atoms with Crippen molar-refractivity contribution >= 4 is 51.0 Å². The van der Waals surface area contributed by atoms with Crippen LogP contribution in [-0.2, 0) is 0 Å². The zero-order valence-corrected chi connectivity index (χ0v) is 23.4. The maximum atomic E-state index is 6.28. The number of para-hydroxylation sites is 1. The summed E-state index contributed by atoms with van der Waals surface area (Å²) in [6.07, 6.45) is 2.94. The molecule has 0 amide bonds. The van der Waals surface area contributed by atoms with Crippen LogP contribution in [0, 0.1) is 0 Å². The predicted molar refractivity (Wildman–Crippen MR) is 151 cm³/mol. The molecule has 1 aliphatic heterocycles. The smallest absolute Gasteiger partial charge is 0.229 e. The van der Waals surface area contributed by atoms with E-state index in [0.29, 0.717) is 30.2 Å². The van der Waals surface area contributed by atoms with Gasteiger partial charge < -0.3 is 20.1 Å². The molecule has 1 saturated heterocycles. The van der Waals surface area contributed by atoms with Crippen LogP contribution in [-0.4, -0.2) is 53.8 Å². The number of anilines is 4. The quantitative estimate of drug-likeness (QED) is 0.232. The van der Waals surface area contributed by atoms with Gasteiger partial charge >= 0.3 is 0 Å². The third-order valence-electron chi connectivity index (χ3n) is 5.81. The normalized spacial score (nSPS) is 15.8. The van der Waals surface area contributed by atoms with E-state index in [1.54, 1.807) is 6.20 Å². The number of nitrogens with zero attached hydrogens (tertiary/aromatic N) is 3. The number of benzene rings is 2. The molecule has 3 N–H and O–H groups in total. The van der Waals surface area contributed by atoms with Gasteiger partial charge in [0.25, 0.3) is 0 Å². The summed E-state index contributed by atoms with van der Waals surface area (Å²) in [4.78, 5) is 12.6. The Labute approximate surface area is 225 Å². The van der Waals surface area contributed by atoms with Crippen LogP contribution in [0.1, 0.15) is 27.2 Å². The molecule has 0 spiro atoms. The molecule has 36 heavy (non-hydrogen) atoms. The summed E-state index contributed by atoms with van der Waals surface area (Å²) >= 11 is 5.10. The summed E-state index contributed by atoms with van der Waals surface area (Å²) in [5.74, 6) is 2.62. The SMILES string of the molecule is CCOc1cc(OC2CCN(C(C)C)C2)ccc1Nc1ncc(Br)c(Nc2ccccc2SNC)n1. The fourth-order valence-electron chi connectivity index (χ4n) is 4.00. The Balaban J connectivity index is 1.50. The zero-order valence-electron chi connectivity index (χ0n) is 21.0. The van der Waals surface area contributed by atoms with Crippen molar-refractivity contribution in [3.63, 3.8) is 0 Å². The van der Waals surface area contributed by atoms with E-state index in [1.807, 2.05) is 56.4 Å². The van der Waals surface area contributed by atoms with Gasteiger partial charge in [0.15, 0.2) is 0 Å². The van der Waals surface area contributed by atoms with Crippen molar-refractivity contribution < 1.29 is 9.47 Å². The molecular weight excluding hydrogens is 540 g/mol. The minimum absolute atomic E-state index is 0.188. The maximum Gasteiger partial charge on any atom is 0.229 e. The second kappa shape index (κ2) is 12.6. The molecule has 4 rings (SSSR count). The van der Waals surface area contributed by atoms with Gasteiger partial charge in [0.05, 0.1) is 22.5 Å². The van der Waals surface area contributed by atoms with Crippen LogP contribution in [0.5, 0.6) is 11.5 Å². The monoisotopic (exact) mass is 572 g/mol. The second-order valence-corrected chi connectivity index (χ2v) is 10.6. The van der Waals surface area contributed by atoms with Crippen molar-refractivity contribution in [3.05, 3.63) is 53.1 Å². The van der Waals surface area contributed by atoms with E-state index >= 15 is 0 Å². The summed E-state index contributed by atoms with van der Waals surface area (Å²) in [5.41, 5.74) is 1.72. The molecule has 0 saturated carbocycles. The minimum Gasteiger partial charge on any atom is -0.492 e. The van der Waals surface area contributed by atoms with Gasteiger partial charge in [-0.15, -0.1) is 0 Å². The molecule has 1 aliphatic rings. The van der Waals surface area contributed by atoms with Gasteiger partial charge in [0, 0.05) is 36.3 Å². The van der Waals surface area contributed by atoms with E-state index < -0.39 is 0 Å². The Morgan fingerprint density at radius 3 is 2.75 bits per heavy atom. The first-order valence-corrected chi connectivity index (χ1v) is 13.7. The average Bonchev–Trinajstić information content (AvgIpc) is 3.33. The first-order chi connectivity index (χ1) is 17.5. The molecule has 2 aromatic carbocycles. The van der Waals surface area contributed by atoms with Crippen molar-refractivity contribution in [2.75, 3.05) is 37.4 Å². The molecule has 2 heterocycles. The van der Waals surface area contributed by atoms with Gasteiger partial charge in [-0.25, -0.2) is 4.98 Å². The number of aromatic nitrogens is 2. The van der Waals surface area contributed by atoms with Crippen molar-refractivity contribution in [1.29, 1.82) is 0 Å². The molecule has 0 aliphatic carbocycles. The molecule has 10 heteroatoms. The molecule has 1 fully saturated rings. The topological polar surface area (TPSA) is 83.6 Å². The van der Waals surface area contributed by atoms with Crippen LogP contribution in [0.15, 0.2) is 58.0 Å². The number of rotatable bonds is 11. The molecule has 3 aromatic rings. The zero-order chi connectivity index (χ0) is 25.5. The first-order valence-electron chi connectivity index (χ1n) is 12.1. The molecule has 1 unspecified atom stereocenters. The molecule has 1 atom stereocenters. The van der Waals surface area contributed by atoms with Gasteiger partial charge in [0.1, 0.15) is 23.4 Å². The Kier molecular flexibility index (Phi) is 9.30. The number of halogens is 1. The van der Waals surface area contributed by atoms with Crippen LogP contribution < -0.4 is 24.8 Å². The summed E-state index contributed by atoms with van der Waals surface area (Å²) < 4.78 is 16.1. The Hall–Kier alpha value is -2.53. The lowest BCUT2D eigenvalue weighted by Gasteiger charge is -2.21. The summed E-state index contributed by atoms with van der Waals surface area (Å²) in [5, 5.41) is 6.70. The van der Waals surface area contributed by atoms with Crippen LogP contribution in [0.4, 0.5) is 23.1 Å². The molecule has 0 bridgehead atoms. The molecule has 8 nitrogen and oxygen atoms in total. The largest absolute Gasteiger partial charge is 0.492 e.